The van der Waals surface area contributed by atoms with Crippen LogP contribution in [-0.2, 0) is 56.8 Å². The zero-order chi connectivity index (χ0) is 47.2. The number of methoxy groups -OCH3 is 8. The van der Waals surface area contributed by atoms with Crippen molar-refractivity contribution in [3.63, 3.8) is 0 Å². The van der Waals surface area contributed by atoms with Crippen molar-refractivity contribution in [1.29, 1.82) is 0 Å². The van der Waals surface area contributed by atoms with Gasteiger partial charge in [-0.05, 0) is 74.1 Å². The first-order valence-corrected chi connectivity index (χ1v) is 22.4. The second-order valence-corrected chi connectivity index (χ2v) is 14.8. The molecule has 2 radical (unpaired) electrons. The summed E-state index contributed by atoms with van der Waals surface area (Å²) >= 11 is 0. The number of hydrogen-bond donors (Lipinski definition) is 0. The van der Waals surface area contributed by atoms with Crippen LogP contribution >= 0.6 is 0 Å². The molecule has 2 aliphatic carbocycles. The Morgan fingerprint density at radius 2 is 0.397 bits per heavy atom. The van der Waals surface area contributed by atoms with Crippen LogP contribution in [0.2, 0.25) is 0 Å². The van der Waals surface area contributed by atoms with Crippen LogP contribution in [0.4, 0.5) is 0 Å². The molecule has 6 aromatic rings. The van der Waals surface area contributed by atoms with E-state index in [4.69, 9.17) is 56.8 Å². The van der Waals surface area contributed by atoms with Gasteiger partial charge in [0.2, 0.25) is 0 Å². The first-order valence-electron chi connectivity index (χ1n) is 22.4. The molecule has 0 unspecified atom stereocenters. The summed E-state index contributed by atoms with van der Waals surface area (Å²) in [5.41, 5.74) is 0. The second kappa shape index (κ2) is 37.4. The van der Waals surface area contributed by atoms with Crippen molar-refractivity contribution >= 4 is 91.4 Å². The smallest absolute Gasteiger partial charge is 0.0701 e. The molecule has 2 aliphatic rings. The molecule has 0 saturated carbocycles. The Morgan fingerprint density at radius 3 is 0.559 bits per heavy atom. The van der Waals surface area contributed by atoms with E-state index in [-0.39, 0.29) is 59.1 Å². The van der Waals surface area contributed by atoms with Crippen molar-refractivity contribution in [2.75, 3.05) is 163 Å². The predicted octanol–water partition coefficient (Wildman–Crippen LogP) is 7.34. The molecule has 12 nitrogen and oxygen atoms in total. The maximum absolute atomic E-state index is 5.06. The van der Waals surface area contributed by atoms with Gasteiger partial charge < -0.3 is 56.8 Å². The van der Waals surface area contributed by atoms with Crippen LogP contribution in [0.15, 0.2) is 97.1 Å². The number of benzene rings is 6. The van der Waals surface area contributed by atoms with Gasteiger partial charge >= 0.3 is 0 Å². The Morgan fingerprint density at radius 1 is 0.235 bits per heavy atom. The van der Waals surface area contributed by atoms with Crippen LogP contribution in [0.1, 0.15) is 0 Å². The largest absolute Gasteiger partial charge is 0.382 e. The van der Waals surface area contributed by atoms with Crippen molar-refractivity contribution in [3.05, 3.63) is 139 Å². The van der Waals surface area contributed by atoms with E-state index in [1.54, 1.807) is 56.9 Å². The van der Waals surface area contributed by atoms with Gasteiger partial charge in [-0.2, -0.15) is 0 Å². The third kappa shape index (κ3) is 18.0. The van der Waals surface area contributed by atoms with Gasteiger partial charge in [0, 0.05) is 116 Å². The molecule has 0 aliphatic heterocycles. The molecule has 0 saturated heterocycles. The standard InChI is InChI=1S/C30H16.4C6H14O3.2Na/c1-2-10-18-17(9-1)25-21-13-5-6-14-22(21)27-19-11-3-4-12-20(19)28-24-16-8-7-15-23(24)26(18)29(25)30(27)28;4*1-7-3-5-9-6-4-8-2;;/h1-16H;4*3-6H2,1-2H3;;. The molecule has 0 heterocycles. The summed E-state index contributed by atoms with van der Waals surface area (Å²) in [5.74, 6) is 0. The topological polar surface area (TPSA) is 111 Å². The summed E-state index contributed by atoms with van der Waals surface area (Å²) in [6, 6.07) is 35.9. The number of fused-ring (bicyclic) bond motifs is 8. The summed E-state index contributed by atoms with van der Waals surface area (Å²) in [4.78, 5) is 0. The molecule has 0 atom stereocenters. The fraction of sp³-hybridized carbons (Fsp3) is 0.444. The van der Waals surface area contributed by atoms with E-state index in [0.717, 1.165) is 0 Å². The van der Waals surface area contributed by atoms with Crippen molar-refractivity contribution < 1.29 is 56.8 Å². The minimum absolute atomic E-state index is 0. The van der Waals surface area contributed by atoms with Crippen LogP contribution < -0.4 is 0 Å². The molecule has 362 valence electrons. The fourth-order valence-electron chi connectivity index (χ4n) is 7.63. The van der Waals surface area contributed by atoms with Crippen molar-refractivity contribution in [2.24, 2.45) is 0 Å². The zero-order valence-electron chi connectivity index (χ0n) is 42.5. The molecule has 0 aromatic heterocycles. The Balaban J connectivity index is 0.000000349. The van der Waals surface area contributed by atoms with Gasteiger partial charge in [-0.25, -0.2) is 0 Å². The third-order valence-corrected chi connectivity index (χ3v) is 10.6. The zero-order valence-corrected chi connectivity index (χ0v) is 46.5. The average Bonchev–Trinajstić information content (AvgIpc) is 3.90. The van der Waals surface area contributed by atoms with Crippen LogP contribution in [0.5, 0.6) is 0 Å². The van der Waals surface area contributed by atoms with E-state index in [1.165, 1.54) is 74.1 Å². The number of rotatable bonds is 24. The van der Waals surface area contributed by atoms with E-state index >= 15 is 0 Å². The summed E-state index contributed by atoms with van der Waals surface area (Å²) in [6.45, 7) is 10.5. The van der Waals surface area contributed by atoms with Gasteiger partial charge in [0.1, 0.15) is 0 Å². The van der Waals surface area contributed by atoms with Gasteiger partial charge in [-0.3, -0.25) is 0 Å². The second-order valence-electron chi connectivity index (χ2n) is 14.8. The average molecular weight is 959 g/mol. The Kier molecular flexibility index (Phi) is 34.0. The molecule has 0 N–H and O–H groups in total. The van der Waals surface area contributed by atoms with Crippen molar-refractivity contribution in [3.8, 4) is 0 Å². The molecule has 14 heteroatoms. The quantitative estimate of drug-likeness (QED) is 0.0344. The fourth-order valence-corrected chi connectivity index (χ4v) is 7.63. The summed E-state index contributed by atoms with van der Waals surface area (Å²) < 4.78 is 58.3. The Hall–Kier alpha value is -2.38. The first-order chi connectivity index (χ1) is 32.6. The number of hydrogen-bond acceptors (Lipinski definition) is 12. The van der Waals surface area contributed by atoms with E-state index in [9.17, 15) is 0 Å². The van der Waals surface area contributed by atoms with E-state index in [0.29, 0.717) is 106 Å². The monoisotopic (exact) mass is 958 g/mol. The van der Waals surface area contributed by atoms with E-state index in [2.05, 4.69) is 97.1 Å². The Bertz CT molecular complexity index is 2320. The van der Waals surface area contributed by atoms with E-state index in [1.807, 2.05) is 0 Å². The molecule has 6 aromatic carbocycles. The first kappa shape index (κ1) is 61.7. The third-order valence-electron chi connectivity index (χ3n) is 10.6. The summed E-state index contributed by atoms with van der Waals surface area (Å²) in [5, 5.41) is 19.5. The van der Waals surface area contributed by atoms with Gasteiger partial charge in [0.25, 0.3) is 0 Å². The molecule has 0 spiro atoms. The maximum atomic E-state index is 5.06. The SMILES string of the molecule is COCCOCCOC.COCCOCCOC.COCCOCCOC.COCCOCCOC.[Na].[Na].c1ccc2c(c1)=c1c3ccccc3c3c4c(c5ccccc5c=2c14)=c1ccccc1=3. The van der Waals surface area contributed by atoms with Crippen LogP contribution in [0, 0.1) is 41.7 Å². The Labute approximate surface area is 446 Å². The maximum Gasteiger partial charge on any atom is 0.0701 e. The normalized spacial score (nSPS) is 10.9. The molecule has 0 amide bonds. The van der Waals surface area contributed by atoms with E-state index < -0.39 is 0 Å². The van der Waals surface area contributed by atoms with Gasteiger partial charge in [-0.1, -0.05) is 97.1 Å². The van der Waals surface area contributed by atoms with Crippen LogP contribution in [-0.4, -0.2) is 222 Å². The van der Waals surface area contributed by atoms with Gasteiger partial charge in [-0.15, -0.1) is 0 Å². The molecular weight excluding hydrogens is 887 g/mol. The predicted molar refractivity (Wildman–Crippen MR) is 272 cm³/mol. The molecule has 8 rings (SSSR count). The molecule has 68 heavy (non-hydrogen) atoms. The van der Waals surface area contributed by atoms with Crippen LogP contribution in [0.3, 0.4) is 0 Å². The minimum atomic E-state index is 0. The molecular formula is C54H72Na2O12. The van der Waals surface area contributed by atoms with Crippen molar-refractivity contribution in [2.45, 2.75) is 0 Å². The minimum Gasteiger partial charge on any atom is -0.382 e. The summed E-state index contributed by atoms with van der Waals surface area (Å²) in [7, 11) is 13.2. The number of ether oxygens (including phenoxy) is 12. The van der Waals surface area contributed by atoms with Gasteiger partial charge in [0.05, 0.1) is 106 Å². The molecule has 0 bridgehead atoms. The molecule has 0 fully saturated rings. The summed E-state index contributed by atoms with van der Waals surface area (Å²) in [6.07, 6.45) is 0. The van der Waals surface area contributed by atoms with Gasteiger partial charge in [0.15, 0.2) is 0 Å². The van der Waals surface area contributed by atoms with Crippen LogP contribution in [0.25, 0.3) is 32.3 Å². The van der Waals surface area contributed by atoms with Crippen molar-refractivity contribution in [1.82, 2.24) is 0 Å².